The van der Waals surface area contributed by atoms with Gasteiger partial charge in [-0.3, -0.25) is 14.5 Å². The molecule has 9 nitrogen and oxygen atoms in total. The van der Waals surface area contributed by atoms with Crippen molar-refractivity contribution >= 4 is 29.3 Å². The Morgan fingerprint density at radius 1 is 1.18 bits per heavy atom. The molecule has 9 heteroatoms. The maximum atomic E-state index is 13.1. The van der Waals surface area contributed by atoms with Crippen molar-refractivity contribution in [3.05, 3.63) is 42.1 Å². The average molecular weight is 447 g/mol. The van der Waals surface area contributed by atoms with Crippen molar-refractivity contribution in [1.29, 1.82) is 5.26 Å². The molecule has 1 saturated carbocycles. The summed E-state index contributed by atoms with van der Waals surface area (Å²) < 4.78 is 5.41. The number of anilines is 3. The Kier molecular flexibility index (Phi) is 5.25. The second-order valence-electron chi connectivity index (χ2n) is 9.06. The van der Waals surface area contributed by atoms with Crippen molar-refractivity contribution < 1.29 is 14.3 Å². The van der Waals surface area contributed by atoms with Gasteiger partial charge in [0.1, 0.15) is 11.2 Å². The lowest BCUT2D eigenvalue weighted by Crippen LogP contribution is -2.45. The summed E-state index contributed by atoms with van der Waals surface area (Å²) in [6.07, 6.45) is 5.13. The first-order valence-corrected chi connectivity index (χ1v) is 11.3. The van der Waals surface area contributed by atoms with Crippen LogP contribution in [0.5, 0.6) is 0 Å². The first kappa shape index (κ1) is 21.3. The number of nitrogens with zero attached hydrogens (tertiary/aromatic N) is 4. The quantitative estimate of drug-likeness (QED) is 0.696. The highest BCUT2D eigenvalue weighted by molar-refractivity contribution is 6.01. The molecule has 3 fully saturated rings. The molecule has 1 aromatic heterocycles. The number of aromatic nitrogens is 2. The number of hydrogen-bond acceptors (Lipinski definition) is 7. The molecule has 0 radical (unpaired) electrons. The van der Waals surface area contributed by atoms with Crippen LogP contribution in [0.2, 0.25) is 0 Å². The average Bonchev–Trinajstić information content (AvgIpc) is 3.64. The van der Waals surface area contributed by atoms with Gasteiger partial charge in [-0.05, 0) is 61.8 Å². The van der Waals surface area contributed by atoms with Gasteiger partial charge < -0.3 is 15.8 Å². The molecule has 5 rings (SSSR count). The van der Waals surface area contributed by atoms with E-state index in [2.05, 4.69) is 21.4 Å². The predicted octanol–water partition coefficient (Wildman–Crippen LogP) is 2.41. The third-order valence-corrected chi connectivity index (χ3v) is 7.26. The van der Waals surface area contributed by atoms with E-state index < -0.39 is 10.8 Å². The number of nitrogens with one attached hydrogen (secondary N) is 1. The summed E-state index contributed by atoms with van der Waals surface area (Å²) in [5, 5.41) is 12.9. The number of carbonyl (C=O) groups excluding carboxylic acids is 2. The van der Waals surface area contributed by atoms with E-state index in [-0.39, 0.29) is 17.7 Å². The van der Waals surface area contributed by atoms with Crippen LogP contribution in [0.4, 0.5) is 17.5 Å². The summed E-state index contributed by atoms with van der Waals surface area (Å²) in [7, 11) is 0. The number of carbonyl (C=O) groups is 2. The SMILES string of the molecule is N#C[C@@]1(C2CC2)CCN(c2ccnc(Nc3ccc(C4(C(N)=O)CCOCC4)cc3)n2)C1=O. The first-order valence-electron chi connectivity index (χ1n) is 11.3. The monoisotopic (exact) mass is 446 g/mol. The summed E-state index contributed by atoms with van der Waals surface area (Å²) in [6.45, 7) is 1.49. The lowest BCUT2D eigenvalue weighted by atomic mass is 9.73. The molecule has 3 N–H and O–H groups in total. The summed E-state index contributed by atoms with van der Waals surface area (Å²) in [5.74, 6) is 0.510. The molecule has 1 atom stereocenters. The number of primary amides is 1. The van der Waals surface area contributed by atoms with Crippen LogP contribution in [-0.2, 0) is 19.7 Å². The largest absolute Gasteiger partial charge is 0.381 e. The zero-order valence-corrected chi connectivity index (χ0v) is 18.3. The first-order chi connectivity index (χ1) is 16.0. The Morgan fingerprint density at radius 2 is 1.91 bits per heavy atom. The number of ether oxygens (including phenoxy) is 1. The van der Waals surface area contributed by atoms with Crippen molar-refractivity contribution in [1.82, 2.24) is 9.97 Å². The van der Waals surface area contributed by atoms with E-state index in [1.165, 1.54) is 0 Å². The highest BCUT2D eigenvalue weighted by Gasteiger charge is 2.57. The maximum Gasteiger partial charge on any atom is 0.248 e. The van der Waals surface area contributed by atoms with Gasteiger partial charge >= 0.3 is 0 Å². The second kappa shape index (κ2) is 8.12. The van der Waals surface area contributed by atoms with Crippen LogP contribution < -0.4 is 16.0 Å². The van der Waals surface area contributed by atoms with Crippen molar-refractivity contribution in [2.75, 3.05) is 30.0 Å². The van der Waals surface area contributed by atoms with Crippen LogP contribution in [0.15, 0.2) is 36.5 Å². The molecule has 2 aromatic rings. The van der Waals surface area contributed by atoms with Gasteiger partial charge in [0.05, 0.1) is 11.5 Å². The minimum atomic E-state index is -0.908. The Hall–Kier alpha value is -3.51. The van der Waals surface area contributed by atoms with E-state index in [1.807, 2.05) is 24.3 Å². The van der Waals surface area contributed by atoms with Crippen LogP contribution in [0.1, 0.15) is 37.7 Å². The molecule has 2 aliphatic heterocycles. The Labute approximate surface area is 191 Å². The fourth-order valence-electron chi connectivity index (χ4n) is 5.06. The smallest absolute Gasteiger partial charge is 0.248 e. The third kappa shape index (κ3) is 3.60. The van der Waals surface area contributed by atoms with E-state index >= 15 is 0 Å². The molecular formula is C24H26N6O3. The van der Waals surface area contributed by atoms with Gasteiger partial charge in [0.15, 0.2) is 0 Å². The molecule has 0 spiro atoms. The highest BCUT2D eigenvalue weighted by atomic mass is 16.5. The minimum Gasteiger partial charge on any atom is -0.381 e. The lowest BCUT2D eigenvalue weighted by molar-refractivity contribution is -0.127. The van der Waals surface area contributed by atoms with Crippen LogP contribution in [0.25, 0.3) is 0 Å². The number of rotatable bonds is 6. The van der Waals surface area contributed by atoms with Crippen molar-refractivity contribution in [2.24, 2.45) is 17.1 Å². The number of hydrogen-bond donors (Lipinski definition) is 2. The third-order valence-electron chi connectivity index (χ3n) is 7.26. The summed E-state index contributed by atoms with van der Waals surface area (Å²) in [6, 6.07) is 11.5. The molecular weight excluding hydrogens is 420 g/mol. The van der Waals surface area contributed by atoms with Gasteiger partial charge in [-0.15, -0.1) is 0 Å². The lowest BCUT2D eigenvalue weighted by Gasteiger charge is -2.34. The Morgan fingerprint density at radius 3 is 2.55 bits per heavy atom. The van der Waals surface area contributed by atoms with Crippen molar-refractivity contribution in [3.63, 3.8) is 0 Å². The molecule has 1 aromatic carbocycles. The van der Waals surface area contributed by atoms with Crippen LogP contribution >= 0.6 is 0 Å². The number of nitriles is 1. The van der Waals surface area contributed by atoms with Gasteiger partial charge in [0, 0.05) is 31.6 Å². The highest BCUT2D eigenvalue weighted by Crippen LogP contribution is 2.51. The molecule has 1 aliphatic carbocycles. The zero-order valence-electron chi connectivity index (χ0n) is 18.3. The van der Waals surface area contributed by atoms with Gasteiger partial charge in [0.25, 0.3) is 0 Å². The van der Waals surface area contributed by atoms with Crippen LogP contribution in [0.3, 0.4) is 0 Å². The molecule has 0 unspecified atom stereocenters. The zero-order chi connectivity index (χ0) is 23.1. The van der Waals surface area contributed by atoms with Gasteiger partial charge in [0.2, 0.25) is 17.8 Å². The van der Waals surface area contributed by atoms with E-state index in [0.717, 1.165) is 24.1 Å². The Balaban J connectivity index is 1.33. The summed E-state index contributed by atoms with van der Waals surface area (Å²) in [4.78, 5) is 35.7. The number of nitrogens with two attached hydrogens (primary N) is 1. The number of amides is 2. The van der Waals surface area contributed by atoms with Crippen LogP contribution in [-0.4, -0.2) is 41.5 Å². The van der Waals surface area contributed by atoms with Gasteiger partial charge in [-0.25, -0.2) is 4.98 Å². The molecule has 3 aliphatic rings. The van der Waals surface area contributed by atoms with E-state index in [4.69, 9.17) is 10.5 Å². The van der Waals surface area contributed by atoms with E-state index in [0.29, 0.717) is 50.8 Å². The number of benzene rings is 1. The standard InChI is InChI=1S/C24H26N6O3/c25-15-24(17-1-2-17)8-12-30(21(24)32)19-7-11-27-22(29-19)28-18-5-3-16(4-6-18)23(20(26)31)9-13-33-14-10-23/h3-7,11,17H,1-2,8-10,12-14H2,(H2,26,31)(H,27,28,29)/t24-/m1/s1. The Bertz CT molecular complexity index is 1120. The molecule has 2 saturated heterocycles. The molecule has 2 amide bonds. The van der Waals surface area contributed by atoms with E-state index in [1.54, 1.807) is 17.2 Å². The predicted molar refractivity (Wildman–Crippen MR) is 120 cm³/mol. The maximum absolute atomic E-state index is 13.1. The van der Waals surface area contributed by atoms with Gasteiger partial charge in [-0.1, -0.05) is 12.1 Å². The second-order valence-corrected chi connectivity index (χ2v) is 9.06. The minimum absolute atomic E-state index is 0.158. The summed E-state index contributed by atoms with van der Waals surface area (Å²) in [5.41, 5.74) is 5.75. The molecule has 33 heavy (non-hydrogen) atoms. The molecule has 0 bridgehead atoms. The fraction of sp³-hybridized carbons (Fsp3) is 0.458. The normalized spacial score (nSPS) is 24.3. The van der Waals surface area contributed by atoms with Crippen molar-refractivity contribution in [2.45, 2.75) is 37.5 Å². The molecule has 170 valence electrons. The van der Waals surface area contributed by atoms with Gasteiger partial charge in [-0.2, -0.15) is 10.2 Å². The van der Waals surface area contributed by atoms with Crippen LogP contribution in [0, 0.1) is 22.7 Å². The summed E-state index contributed by atoms with van der Waals surface area (Å²) >= 11 is 0. The molecule has 3 heterocycles. The van der Waals surface area contributed by atoms with E-state index in [9.17, 15) is 14.9 Å². The fourth-order valence-corrected chi connectivity index (χ4v) is 5.06. The van der Waals surface area contributed by atoms with Crippen molar-refractivity contribution in [3.8, 4) is 6.07 Å². The topological polar surface area (TPSA) is 134 Å².